The summed E-state index contributed by atoms with van der Waals surface area (Å²) in [5, 5.41) is 0. The molecule has 192 valence electrons. The average molecular weight is 504 g/mol. The average Bonchev–Trinajstić information content (AvgIpc) is 3.67. The van der Waals surface area contributed by atoms with Crippen molar-refractivity contribution in [3.63, 3.8) is 0 Å². The summed E-state index contributed by atoms with van der Waals surface area (Å²) < 4.78 is 11.5. The molecule has 0 aromatic heterocycles. The number of esters is 1. The molecule has 1 aliphatic heterocycles. The summed E-state index contributed by atoms with van der Waals surface area (Å²) in [7, 11) is 0. The minimum Gasteiger partial charge on any atom is -0.463 e. The van der Waals surface area contributed by atoms with Crippen molar-refractivity contribution < 1.29 is 14.3 Å². The van der Waals surface area contributed by atoms with Crippen LogP contribution in [-0.4, -0.2) is 36.2 Å². The topological polar surface area (TPSA) is 38.5 Å². The third-order valence-electron chi connectivity index (χ3n) is 7.06. The Morgan fingerprint density at radius 3 is 1.71 bits per heavy atom. The number of carbonyl (C=O) groups is 1. The van der Waals surface area contributed by atoms with Gasteiger partial charge in [-0.3, -0.25) is 4.90 Å². The Morgan fingerprint density at radius 2 is 1.24 bits per heavy atom. The van der Waals surface area contributed by atoms with Crippen LogP contribution in [0.1, 0.15) is 29.2 Å². The minimum atomic E-state index is -0.575. The number of benzene rings is 4. The summed E-state index contributed by atoms with van der Waals surface area (Å²) in [5.74, 6) is -0.326. The van der Waals surface area contributed by atoms with Gasteiger partial charge in [0.25, 0.3) is 0 Å². The van der Waals surface area contributed by atoms with Crippen LogP contribution in [0.15, 0.2) is 133 Å². The Kier molecular flexibility index (Phi) is 8.12. The molecular formula is C34H33NO3. The monoisotopic (exact) mass is 503 g/mol. The van der Waals surface area contributed by atoms with Gasteiger partial charge in [-0.2, -0.15) is 0 Å². The van der Waals surface area contributed by atoms with Crippen molar-refractivity contribution in [1.29, 1.82) is 0 Å². The van der Waals surface area contributed by atoms with Crippen LogP contribution in [0.25, 0.3) is 0 Å². The second-order valence-electron chi connectivity index (χ2n) is 9.39. The fourth-order valence-electron chi connectivity index (χ4n) is 5.40. The molecule has 1 aliphatic rings. The molecule has 0 radical (unpaired) electrons. The van der Waals surface area contributed by atoms with Crippen LogP contribution >= 0.6 is 0 Å². The Balaban J connectivity index is 1.58. The van der Waals surface area contributed by atoms with E-state index >= 15 is 0 Å². The zero-order chi connectivity index (χ0) is 26.2. The molecule has 4 aromatic carbocycles. The number of rotatable bonds is 11. The highest BCUT2D eigenvalue weighted by Gasteiger charge is 2.59. The van der Waals surface area contributed by atoms with Crippen LogP contribution in [0, 0.1) is 0 Å². The van der Waals surface area contributed by atoms with Crippen molar-refractivity contribution in [3.8, 4) is 0 Å². The molecule has 4 heteroatoms. The maximum Gasteiger partial charge on any atom is 0.330 e. The molecule has 0 aliphatic carbocycles. The fourth-order valence-corrected chi connectivity index (χ4v) is 5.40. The van der Waals surface area contributed by atoms with Gasteiger partial charge in [-0.05, 0) is 29.2 Å². The Labute approximate surface area is 225 Å². The molecule has 5 rings (SSSR count). The van der Waals surface area contributed by atoms with E-state index in [-0.39, 0.29) is 18.1 Å². The molecule has 0 bridgehead atoms. The zero-order valence-electron chi connectivity index (χ0n) is 21.6. The first kappa shape index (κ1) is 25.7. The van der Waals surface area contributed by atoms with Crippen molar-refractivity contribution in [3.05, 3.63) is 156 Å². The standard InChI is InChI=1S/C34H33NO3/c1-2-38-33(36)24-23-31-32(26-37-25-27-15-7-3-8-16-27)35(31)34(28-17-9-4-10-18-28,29-19-11-5-12-20-29)30-21-13-6-14-22-30/h3-24,31-32H,2,25-26H2,1H3/b24-23+. The maximum absolute atomic E-state index is 12.3. The highest BCUT2D eigenvalue weighted by Crippen LogP contribution is 2.52. The highest BCUT2D eigenvalue weighted by molar-refractivity contribution is 5.82. The Morgan fingerprint density at radius 1 is 0.763 bits per heavy atom. The second-order valence-corrected chi connectivity index (χ2v) is 9.39. The van der Waals surface area contributed by atoms with Crippen molar-refractivity contribution in [2.75, 3.05) is 13.2 Å². The molecular weight excluding hydrogens is 470 g/mol. The highest BCUT2D eigenvalue weighted by atomic mass is 16.5. The van der Waals surface area contributed by atoms with Crippen molar-refractivity contribution >= 4 is 5.97 Å². The molecule has 4 aromatic rings. The van der Waals surface area contributed by atoms with E-state index < -0.39 is 5.54 Å². The van der Waals surface area contributed by atoms with E-state index in [0.29, 0.717) is 19.8 Å². The van der Waals surface area contributed by atoms with Gasteiger partial charge in [-0.15, -0.1) is 0 Å². The van der Waals surface area contributed by atoms with Crippen LogP contribution in [0.5, 0.6) is 0 Å². The first-order valence-electron chi connectivity index (χ1n) is 13.2. The molecule has 38 heavy (non-hydrogen) atoms. The molecule has 3 atom stereocenters. The van der Waals surface area contributed by atoms with Crippen LogP contribution in [0.3, 0.4) is 0 Å². The van der Waals surface area contributed by atoms with Crippen molar-refractivity contribution in [2.24, 2.45) is 0 Å². The molecule has 4 nitrogen and oxygen atoms in total. The molecule has 0 N–H and O–H groups in total. The van der Waals surface area contributed by atoms with Gasteiger partial charge in [-0.1, -0.05) is 127 Å². The van der Waals surface area contributed by atoms with E-state index in [2.05, 4.69) is 89.8 Å². The van der Waals surface area contributed by atoms with Gasteiger partial charge < -0.3 is 9.47 Å². The fraction of sp³-hybridized carbons (Fsp3) is 0.206. The van der Waals surface area contributed by atoms with Crippen LogP contribution in [-0.2, 0) is 26.4 Å². The molecule has 0 saturated carbocycles. The summed E-state index contributed by atoms with van der Waals surface area (Å²) in [6.07, 6.45) is 3.53. The van der Waals surface area contributed by atoms with Gasteiger partial charge >= 0.3 is 5.97 Å². The lowest BCUT2D eigenvalue weighted by Crippen LogP contribution is -2.40. The van der Waals surface area contributed by atoms with Crippen LogP contribution in [0.2, 0.25) is 0 Å². The predicted molar refractivity (Wildman–Crippen MR) is 150 cm³/mol. The van der Waals surface area contributed by atoms with Gasteiger partial charge in [0.2, 0.25) is 0 Å². The molecule has 1 saturated heterocycles. The SMILES string of the molecule is CCOC(=O)/C=C/C1C(COCc2ccccc2)N1C(c1ccccc1)(c1ccccc1)c1ccccc1. The number of ether oxygens (including phenoxy) is 2. The summed E-state index contributed by atoms with van der Waals surface area (Å²) in [4.78, 5) is 14.8. The van der Waals surface area contributed by atoms with E-state index in [4.69, 9.17) is 9.47 Å². The molecule has 0 spiro atoms. The number of carbonyl (C=O) groups excluding carboxylic acids is 1. The number of nitrogens with zero attached hydrogens (tertiary/aromatic N) is 1. The third-order valence-corrected chi connectivity index (χ3v) is 7.06. The zero-order valence-corrected chi connectivity index (χ0v) is 21.6. The lowest BCUT2D eigenvalue weighted by molar-refractivity contribution is -0.137. The van der Waals surface area contributed by atoms with Gasteiger partial charge in [0.05, 0.1) is 31.4 Å². The third kappa shape index (κ3) is 5.33. The lowest BCUT2D eigenvalue weighted by atomic mass is 9.76. The van der Waals surface area contributed by atoms with Gasteiger partial charge in [-0.25, -0.2) is 4.79 Å². The minimum absolute atomic E-state index is 0.0178. The van der Waals surface area contributed by atoms with Crippen LogP contribution < -0.4 is 0 Å². The Hall–Kier alpha value is -3.99. The van der Waals surface area contributed by atoms with E-state index in [1.807, 2.05) is 49.4 Å². The number of hydrogen-bond acceptors (Lipinski definition) is 4. The normalized spacial score (nSPS) is 18.8. The van der Waals surface area contributed by atoms with Gasteiger partial charge in [0.1, 0.15) is 0 Å². The van der Waals surface area contributed by atoms with E-state index in [1.165, 1.54) is 0 Å². The smallest absolute Gasteiger partial charge is 0.330 e. The van der Waals surface area contributed by atoms with Gasteiger partial charge in [0.15, 0.2) is 0 Å². The summed E-state index contributed by atoms with van der Waals surface area (Å²) in [6, 6.07) is 42.0. The molecule has 1 heterocycles. The van der Waals surface area contributed by atoms with Crippen LogP contribution in [0.4, 0.5) is 0 Å². The number of hydrogen-bond donors (Lipinski definition) is 0. The van der Waals surface area contributed by atoms with E-state index in [1.54, 1.807) is 6.08 Å². The van der Waals surface area contributed by atoms with E-state index in [0.717, 1.165) is 22.3 Å². The lowest BCUT2D eigenvalue weighted by Gasteiger charge is -2.38. The molecule has 3 unspecified atom stereocenters. The molecule has 0 amide bonds. The molecule has 1 fully saturated rings. The first-order chi connectivity index (χ1) is 18.7. The second kappa shape index (κ2) is 12.0. The summed E-state index contributed by atoms with van der Waals surface area (Å²) in [5.41, 5.74) is 4.06. The van der Waals surface area contributed by atoms with Gasteiger partial charge in [0, 0.05) is 12.1 Å². The van der Waals surface area contributed by atoms with Crippen molar-refractivity contribution in [2.45, 2.75) is 31.2 Å². The van der Waals surface area contributed by atoms with Crippen molar-refractivity contribution in [1.82, 2.24) is 4.90 Å². The summed E-state index contributed by atoms with van der Waals surface area (Å²) in [6.45, 7) is 3.24. The maximum atomic E-state index is 12.3. The van der Waals surface area contributed by atoms with E-state index in [9.17, 15) is 4.79 Å². The largest absolute Gasteiger partial charge is 0.463 e. The first-order valence-corrected chi connectivity index (χ1v) is 13.2. The predicted octanol–water partition coefficient (Wildman–Crippen LogP) is 6.37. The Bertz CT molecular complexity index is 1230. The quantitative estimate of drug-likeness (QED) is 0.103. The summed E-state index contributed by atoms with van der Waals surface area (Å²) >= 11 is 0.